The highest BCUT2D eigenvalue weighted by Gasteiger charge is 2.23. The van der Waals surface area contributed by atoms with Crippen LogP contribution in [0.3, 0.4) is 0 Å². The van der Waals surface area contributed by atoms with Gasteiger partial charge in [-0.1, -0.05) is 43.1 Å². The average molecular weight is 416 g/mol. The molecule has 0 aromatic heterocycles. The van der Waals surface area contributed by atoms with Crippen LogP contribution in [-0.4, -0.2) is 49.7 Å². The number of esters is 1. The highest BCUT2D eigenvalue weighted by Crippen LogP contribution is 2.22. The summed E-state index contributed by atoms with van der Waals surface area (Å²) in [6.07, 6.45) is 1.77. The van der Waals surface area contributed by atoms with Crippen LogP contribution < -0.4 is 10.2 Å². The number of carbonyl (C=O) groups excluding carboxylic acids is 2. The first-order valence-electron chi connectivity index (χ1n) is 9.91. The Kier molecular flexibility index (Phi) is 7.36. The van der Waals surface area contributed by atoms with Crippen LogP contribution in [0.15, 0.2) is 48.5 Å². The lowest BCUT2D eigenvalue weighted by Gasteiger charge is -2.36. The van der Waals surface area contributed by atoms with E-state index in [4.69, 9.17) is 16.3 Å². The molecule has 0 spiro atoms. The number of anilines is 2. The number of halogens is 1. The number of nitrogens with zero attached hydrogens (tertiary/aromatic N) is 2. The average Bonchev–Trinajstić information content (AvgIpc) is 2.74. The Balaban J connectivity index is 1.58. The monoisotopic (exact) mass is 415 g/mol. The van der Waals surface area contributed by atoms with E-state index in [0.717, 1.165) is 18.5 Å². The van der Waals surface area contributed by atoms with Gasteiger partial charge in [0.1, 0.15) is 0 Å². The Morgan fingerprint density at radius 3 is 2.55 bits per heavy atom. The topological polar surface area (TPSA) is 61.9 Å². The number of benzene rings is 2. The van der Waals surface area contributed by atoms with E-state index in [0.29, 0.717) is 49.1 Å². The van der Waals surface area contributed by atoms with Crippen molar-refractivity contribution in [2.24, 2.45) is 0 Å². The van der Waals surface area contributed by atoms with E-state index in [-0.39, 0.29) is 6.03 Å². The van der Waals surface area contributed by atoms with E-state index in [1.165, 1.54) is 0 Å². The summed E-state index contributed by atoms with van der Waals surface area (Å²) in [4.78, 5) is 29.0. The minimum atomic E-state index is -0.417. The van der Waals surface area contributed by atoms with Gasteiger partial charge in [0, 0.05) is 36.9 Å². The van der Waals surface area contributed by atoms with Crippen molar-refractivity contribution in [1.29, 1.82) is 0 Å². The molecular weight excluding hydrogens is 390 g/mol. The van der Waals surface area contributed by atoms with Gasteiger partial charge < -0.3 is 19.9 Å². The molecule has 6 nitrogen and oxygen atoms in total. The summed E-state index contributed by atoms with van der Waals surface area (Å²) in [6, 6.07) is 14.4. The molecule has 2 amide bonds. The van der Waals surface area contributed by atoms with Crippen LogP contribution in [0.2, 0.25) is 5.02 Å². The molecule has 1 N–H and O–H groups in total. The maximum atomic E-state index is 12.7. The predicted molar refractivity (Wildman–Crippen MR) is 116 cm³/mol. The Morgan fingerprint density at radius 1 is 1.07 bits per heavy atom. The predicted octanol–water partition coefficient (Wildman–Crippen LogP) is 4.65. The summed E-state index contributed by atoms with van der Waals surface area (Å²) >= 11 is 6.07. The van der Waals surface area contributed by atoms with Crippen molar-refractivity contribution < 1.29 is 14.3 Å². The third kappa shape index (κ3) is 5.64. The molecule has 1 aliphatic rings. The van der Waals surface area contributed by atoms with Crippen molar-refractivity contribution in [3.05, 3.63) is 59.1 Å². The van der Waals surface area contributed by atoms with Gasteiger partial charge in [-0.2, -0.15) is 0 Å². The molecule has 154 valence electrons. The van der Waals surface area contributed by atoms with E-state index in [1.54, 1.807) is 29.2 Å². The zero-order valence-electron chi connectivity index (χ0n) is 16.6. The molecule has 1 fully saturated rings. The van der Waals surface area contributed by atoms with Gasteiger partial charge in [0.25, 0.3) is 0 Å². The van der Waals surface area contributed by atoms with Crippen molar-refractivity contribution in [3.63, 3.8) is 0 Å². The normalized spacial score (nSPS) is 13.9. The van der Waals surface area contributed by atoms with Crippen LogP contribution in [0.4, 0.5) is 16.2 Å². The van der Waals surface area contributed by atoms with Crippen LogP contribution in [0, 0.1) is 0 Å². The second-order valence-corrected chi connectivity index (χ2v) is 7.36. The van der Waals surface area contributed by atoms with Crippen LogP contribution in [0.5, 0.6) is 0 Å². The molecule has 0 atom stereocenters. The number of para-hydroxylation sites is 1. The maximum Gasteiger partial charge on any atom is 0.340 e. The second kappa shape index (κ2) is 10.2. The molecule has 0 radical (unpaired) electrons. The second-order valence-electron chi connectivity index (χ2n) is 6.92. The minimum absolute atomic E-state index is 0.218. The summed E-state index contributed by atoms with van der Waals surface area (Å²) in [6.45, 7) is 5.02. The highest BCUT2D eigenvalue weighted by atomic mass is 35.5. The quantitative estimate of drug-likeness (QED) is 0.551. The zero-order valence-corrected chi connectivity index (χ0v) is 17.3. The van der Waals surface area contributed by atoms with Gasteiger partial charge in [-0.3, -0.25) is 0 Å². The molecule has 1 saturated heterocycles. The number of urea groups is 1. The smallest absolute Gasteiger partial charge is 0.340 e. The van der Waals surface area contributed by atoms with Gasteiger partial charge in [0.15, 0.2) is 0 Å². The van der Waals surface area contributed by atoms with Crippen molar-refractivity contribution in [2.45, 2.75) is 19.8 Å². The van der Waals surface area contributed by atoms with E-state index >= 15 is 0 Å². The number of amides is 2. The van der Waals surface area contributed by atoms with Gasteiger partial charge in [0.05, 0.1) is 17.9 Å². The molecule has 0 bridgehead atoms. The summed E-state index contributed by atoms with van der Waals surface area (Å²) in [5.74, 6) is -0.417. The number of unbranched alkanes of at least 4 members (excludes halogenated alkanes) is 1. The lowest BCUT2D eigenvalue weighted by molar-refractivity contribution is 0.0501. The SMILES string of the molecule is CCCCOC(=O)c1ccccc1NC(=O)N1CCN(c2cccc(Cl)c2)CC1. The Morgan fingerprint density at radius 2 is 1.83 bits per heavy atom. The molecule has 0 unspecified atom stereocenters. The van der Waals surface area contributed by atoms with Crippen molar-refractivity contribution >= 4 is 35.0 Å². The standard InChI is InChI=1S/C22H26ClN3O3/c1-2-3-15-29-21(27)19-9-4-5-10-20(19)24-22(28)26-13-11-25(12-14-26)18-8-6-7-17(23)16-18/h4-10,16H,2-3,11-15H2,1H3,(H,24,28). The van der Waals surface area contributed by atoms with Crippen molar-refractivity contribution in [3.8, 4) is 0 Å². The summed E-state index contributed by atoms with van der Waals surface area (Å²) in [7, 11) is 0. The maximum absolute atomic E-state index is 12.7. The first kappa shape index (κ1) is 21.0. The molecule has 0 saturated carbocycles. The van der Waals surface area contributed by atoms with Gasteiger partial charge in [-0.25, -0.2) is 9.59 Å². The van der Waals surface area contributed by atoms with Gasteiger partial charge in [-0.05, 0) is 36.8 Å². The van der Waals surface area contributed by atoms with Crippen molar-refractivity contribution in [2.75, 3.05) is 43.0 Å². The number of carbonyl (C=O) groups is 2. The fraction of sp³-hybridized carbons (Fsp3) is 0.364. The van der Waals surface area contributed by atoms with Gasteiger partial charge >= 0.3 is 12.0 Å². The molecule has 2 aromatic carbocycles. The molecule has 29 heavy (non-hydrogen) atoms. The fourth-order valence-electron chi connectivity index (χ4n) is 3.19. The van der Waals surface area contributed by atoms with Crippen LogP contribution >= 0.6 is 11.6 Å². The minimum Gasteiger partial charge on any atom is -0.462 e. The molecule has 1 heterocycles. The summed E-state index contributed by atoms with van der Waals surface area (Å²) in [5.41, 5.74) is 1.89. The third-order valence-electron chi connectivity index (χ3n) is 4.86. The molecule has 0 aliphatic carbocycles. The number of rotatable bonds is 6. The first-order chi connectivity index (χ1) is 14.1. The molecule has 1 aliphatic heterocycles. The third-order valence-corrected chi connectivity index (χ3v) is 5.09. The number of nitrogens with one attached hydrogen (secondary N) is 1. The lowest BCUT2D eigenvalue weighted by Crippen LogP contribution is -2.50. The number of hydrogen-bond acceptors (Lipinski definition) is 4. The number of ether oxygens (including phenoxy) is 1. The van der Waals surface area contributed by atoms with E-state index < -0.39 is 5.97 Å². The van der Waals surface area contributed by atoms with Gasteiger partial charge in [0.2, 0.25) is 0 Å². The highest BCUT2D eigenvalue weighted by molar-refractivity contribution is 6.30. The van der Waals surface area contributed by atoms with Crippen LogP contribution in [0.25, 0.3) is 0 Å². The Labute approximate surface area is 176 Å². The lowest BCUT2D eigenvalue weighted by atomic mass is 10.2. The molecular formula is C22H26ClN3O3. The molecule has 2 aromatic rings. The number of piperazine rings is 1. The van der Waals surface area contributed by atoms with Crippen molar-refractivity contribution in [1.82, 2.24) is 4.90 Å². The first-order valence-corrected chi connectivity index (χ1v) is 10.3. The van der Waals surface area contributed by atoms with E-state index in [9.17, 15) is 9.59 Å². The molecule has 3 rings (SSSR count). The molecule has 7 heteroatoms. The fourth-order valence-corrected chi connectivity index (χ4v) is 3.38. The largest absolute Gasteiger partial charge is 0.462 e. The summed E-state index contributed by atoms with van der Waals surface area (Å²) in [5, 5.41) is 3.56. The van der Waals surface area contributed by atoms with Crippen LogP contribution in [0.1, 0.15) is 30.1 Å². The Hall–Kier alpha value is -2.73. The number of hydrogen-bond donors (Lipinski definition) is 1. The summed E-state index contributed by atoms with van der Waals surface area (Å²) < 4.78 is 5.29. The zero-order chi connectivity index (χ0) is 20.6. The van der Waals surface area contributed by atoms with Gasteiger partial charge in [-0.15, -0.1) is 0 Å². The van der Waals surface area contributed by atoms with Crippen LogP contribution in [-0.2, 0) is 4.74 Å². The van der Waals surface area contributed by atoms with E-state index in [2.05, 4.69) is 10.2 Å². The van der Waals surface area contributed by atoms with E-state index in [1.807, 2.05) is 31.2 Å². The Bertz CT molecular complexity index is 851.